The fourth-order valence-corrected chi connectivity index (χ4v) is 2.12. The first-order valence-corrected chi connectivity index (χ1v) is 6.23. The molecular weight excluding hydrogens is 298 g/mol. The molecule has 0 amide bonds. The molecule has 0 bridgehead atoms. The van der Waals surface area contributed by atoms with Gasteiger partial charge in [0.2, 0.25) is 0 Å². The van der Waals surface area contributed by atoms with Gasteiger partial charge in [-0.3, -0.25) is 0 Å². The number of fused-ring (bicyclic) bond motifs is 1. The molecule has 0 spiro atoms. The highest BCUT2D eigenvalue weighted by molar-refractivity contribution is 9.10. The van der Waals surface area contributed by atoms with Gasteiger partial charge in [0.05, 0.1) is 11.7 Å². The number of benzene rings is 1. The smallest absolute Gasteiger partial charge is 0.435 e. The Morgan fingerprint density at radius 3 is 2.72 bits per heavy atom. The Balaban J connectivity index is 2.49. The molecule has 1 heterocycles. The van der Waals surface area contributed by atoms with Gasteiger partial charge in [0, 0.05) is 15.5 Å². The van der Waals surface area contributed by atoms with Gasteiger partial charge in [-0.05, 0) is 48.8 Å². The average Bonchev–Trinajstić information content (AvgIpc) is 2.58. The van der Waals surface area contributed by atoms with Crippen molar-refractivity contribution in [1.82, 2.24) is 9.78 Å². The first kappa shape index (κ1) is 12.9. The third kappa shape index (κ3) is 2.48. The Labute approximate surface area is 113 Å². The second-order valence-electron chi connectivity index (χ2n) is 4.97. The molecule has 0 aliphatic rings. The van der Waals surface area contributed by atoms with Gasteiger partial charge in [-0.25, -0.2) is 4.79 Å². The zero-order valence-corrected chi connectivity index (χ0v) is 12.0. The summed E-state index contributed by atoms with van der Waals surface area (Å²) >= 11 is 3.39. The van der Waals surface area contributed by atoms with E-state index in [9.17, 15) is 4.79 Å². The maximum Gasteiger partial charge on any atom is 0.435 e. The van der Waals surface area contributed by atoms with Crippen LogP contribution in [0.15, 0.2) is 22.8 Å². The van der Waals surface area contributed by atoms with Crippen molar-refractivity contribution in [1.29, 1.82) is 0 Å². The van der Waals surface area contributed by atoms with Crippen LogP contribution in [0, 0.1) is 0 Å². The molecule has 2 rings (SSSR count). The molecule has 1 aromatic carbocycles. The van der Waals surface area contributed by atoms with Crippen LogP contribution >= 0.6 is 15.9 Å². The van der Waals surface area contributed by atoms with Crippen molar-refractivity contribution in [3.05, 3.63) is 22.8 Å². The standard InChI is InChI=1S/C12H14BrN3O2/c1-12(2,3)18-11(17)16-10-5-7(14)4-9(13)8(10)6-15-16/h4-6H,14H2,1-3H3. The highest BCUT2D eigenvalue weighted by Crippen LogP contribution is 2.27. The molecule has 0 radical (unpaired) electrons. The number of nitrogen functional groups attached to an aromatic ring is 1. The topological polar surface area (TPSA) is 70.1 Å². The minimum absolute atomic E-state index is 0.519. The minimum atomic E-state index is -0.563. The van der Waals surface area contributed by atoms with E-state index >= 15 is 0 Å². The Hall–Kier alpha value is -1.56. The van der Waals surface area contributed by atoms with Gasteiger partial charge < -0.3 is 10.5 Å². The summed E-state index contributed by atoms with van der Waals surface area (Å²) in [6.45, 7) is 5.42. The number of nitrogens with zero attached hydrogens (tertiary/aromatic N) is 2. The van der Waals surface area contributed by atoms with E-state index in [1.807, 2.05) is 0 Å². The number of anilines is 1. The lowest BCUT2D eigenvalue weighted by molar-refractivity contribution is 0.0523. The molecule has 0 saturated heterocycles. The Bertz CT molecular complexity index is 614. The van der Waals surface area contributed by atoms with Gasteiger partial charge in [0.15, 0.2) is 0 Å². The molecule has 96 valence electrons. The van der Waals surface area contributed by atoms with E-state index in [1.54, 1.807) is 39.1 Å². The molecule has 1 aromatic heterocycles. The van der Waals surface area contributed by atoms with Crippen LogP contribution in [-0.4, -0.2) is 21.5 Å². The van der Waals surface area contributed by atoms with Crippen molar-refractivity contribution in [3.8, 4) is 0 Å². The van der Waals surface area contributed by atoms with Crippen LogP contribution < -0.4 is 5.73 Å². The van der Waals surface area contributed by atoms with Gasteiger partial charge in [0.1, 0.15) is 5.60 Å². The maximum absolute atomic E-state index is 12.0. The Morgan fingerprint density at radius 1 is 1.44 bits per heavy atom. The van der Waals surface area contributed by atoms with Crippen molar-refractivity contribution in [2.45, 2.75) is 26.4 Å². The molecule has 2 aromatic rings. The van der Waals surface area contributed by atoms with Gasteiger partial charge in [-0.2, -0.15) is 9.78 Å². The molecule has 0 atom stereocenters. The number of hydrogen-bond acceptors (Lipinski definition) is 4. The zero-order valence-electron chi connectivity index (χ0n) is 10.4. The van der Waals surface area contributed by atoms with E-state index in [4.69, 9.17) is 10.5 Å². The summed E-state index contributed by atoms with van der Waals surface area (Å²) in [6, 6.07) is 3.46. The summed E-state index contributed by atoms with van der Waals surface area (Å²) in [5.41, 5.74) is 6.37. The van der Waals surface area contributed by atoms with Gasteiger partial charge >= 0.3 is 6.09 Å². The van der Waals surface area contributed by atoms with E-state index < -0.39 is 11.7 Å². The summed E-state index contributed by atoms with van der Waals surface area (Å²) in [6.07, 6.45) is 1.08. The summed E-state index contributed by atoms with van der Waals surface area (Å²) in [7, 11) is 0. The highest BCUT2D eigenvalue weighted by atomic mass is 79.9. The quantitative estimate of drug-likeness (QED) is 0.759. The number of halogens is 1. The van der Waals surface area contributed by atoms with Crippen LogP contribution in [-0.2, 0) is 4.74 Å². The number of rotatable bonds is 0. The summed E-state index contributed by atoms with van der Waals surface area (Å²) < 4.78 is 7.28. The van der Waals surface area contributed by atoms with Crippen LogP contribution in [0.25, 0.3) is 10.9 Å². The lowest BCUT2D eigenvalue weighted by Crippen LogP contribution is -2.27. The fraction of sp³-hybridized carbons (Fsp3) is 0.333. The molecule has 2 N–H and O–H groups in total. The van der Waals surface area contributed by atoms with Crippen LogP contribution in [0.5, 0.6) is 0 Å². The highest BCUT2D eigenvalue weighted by Gasteiger charge is 2.20. The lowest BCUT2D eigenvalue weighted by Gasteiger charge is -2.19. The average molecular weight is 312 g/mol. The molecule has 0 unspecified atom stereocenters. The first-order valence-electron chi connectivity index (χ1n) is 5.44. The molecular formula is C12H14BrN3O2. The molecule has 0 saturated carbocycles. The molecule has 18 heavy (non-hydrogen) atoms. The Morgan fingerprint density at radius 2 is 2.11 bits per heavy atom. The maximum atomic E-state index is 12.0. The normalized spacial score (nSPS) is 11.8. The SMILES string of the molecule is CC(C)(C)OC(=O)n1ncc2c(Br)cc(N)cc21. The van der Waals surface area contributed by atoms with Gasteiger partial charge in [-0.15, -0.1) is 0 Å². The van der Waals surface area contributed by atoms with Crippen molar-refractivity contribution in [2.75, 3.05) is 5.73 Å². The predicted octanol–water partition coefficient (Wildman–Crippen LogP) is 3.16. The Kier molecular flexibility index (Phi) is 3.06. The van der Waals surface area contributed by atoms with Crippen LogP contribution in [0.3, 0.4) is 0 Å². The fourth-order valence-electron chi connectivity index (χ4n) is 1.56. The molecule has 0 fully saturated rings. The lowest BCUT2D eigenvalue weighted by atomic mass is 10.2. The van der Waals surface area contributed by atoms with E-state index in [2.05, 4.69) is 21.0 Å². The van der Waals surface area contributed by atoms with E-state index in [1.165, 1.54) is 4.68 Å². The van der Waals surface area contributed by atoms with Crippen LogP contribution in [0.1, 0.15) is 20.8 Å². The van der Waals surface area contributed by atoms with E-state index in [0.29, 0.717) is 11.2 Å². The molecule has 6 heteroatoms. The number of carbonyl (C=O) groups excluding carboxylic acids is 1. The largest absolute Gasteiger partial charge is 0.442 e. The number of hydrogen-bond donors (Lipinski definition) is 1. The van der Waals surface area contributed by atoms with Crippen molar-refractivity contribution >= 4 is 38.6 Å². The van der Waals surface area contributed by atoms with Gasteiger partial charge in [0.25, 0.3) is 0 Å². The summed E-state index contributed by atoms with van der Waals surface area (Å²) in [4.78, 5) is 12.0. The third-order valence-electron chi connectivity index (χ3n) is 2.23. The second kappa shape index (κ2) is 4.28. The van der Waals surface area contributed by atoms with Crippen molar-refractivity contribution in [3.63, 3.8) is 0 Å². The number of aromatic nitrogens is 2. The predicted molar refractivity (Wildman–Crippen MR) is 73.5 cm³/mol. The molecule has 5 nitrogen and oxygen atoms in total. The second-order valence-corrected chi connectivity index (χ2v) is 5.83. The number of ether oxygens (including phenoxy) is 1. The van der Waals surface area contributed by atoms with Crippen molar-refractivity contribution in [2.24, 2.45) is 0 Å². The van der Waals surface area contributed by atoms with Gasteiger partial charge in [-0.1, -0.05) is 0 Å². The number of carbonyl (C=O) groups is 1. The third-order valence-corrected chi connectivity index (χ3v) is 2.88. The zero-order chi connectivity index (χ0) is 13.5. The summed E-state index contributed by atoms with van der Waals surface area (Å²) in [5.74, 6) is 0. The van der Waals surface area contributed by atoms with Crippen LogP contribution in [0.2, 0.25) is 0 Å². The summed E-state index contributed by atoms with van der Waals surface area (Å²) in [5, 5.41) is 4.85. The number of nitrogens with two attached hydrogens (primary N) is 1. The minimum Gasteiger partial charge on any atom is -0.442 e. The first-order chi connectivity index (χ1) is 8.28. The molecule has 0 aliphatic carbocycles. The monoisotopic (exact) mass is 311 g/mol. The molecule has 0 aliphatic heterocycles. The van der Waals surface area contributed by atoms with E-state index in [0.717, 1.165) is 9.86 Å². The van der Waals surface area contributed by atoms with Crippen molar-refractivity contribution < 1.29 is 9.53 Å². The van der Waals surface area contributed by atoms with Crippen LogP contribution in [0.4, 0.5) is 10.5 Å². The van der Waals surface area contributed by atoms with E-state index in [-0.39, 0.29) is 0 Å².